The Morgan fingerprint density at radius 2 is 1.96 bits per heavy atom. The van der Waals surface area contributed by atoms with Gasteiger partial charge in [-0.1, -0.05) is 0 Å². The highest BCUT2D eigenvalue weighted by molar-refractivity contribution is 5.98. The summed E-state index contributed by atoms with van der Waals surface area (Å²) in [6.45, 7) is 4.07. The van der Waals surface area contributed by atoms with Gasteiger partial charge in [0.25, 0.3) is 11.6 Å². The molecule has 8 heteroatoms. The summed E-state index contributed by atoms with van der Waals surface area (Å²) in [4.78, 5) is 28.1. The van der Waals surface area contributed by atoms with E-state index in [9.17, 15) is 14.9 Å². The molecule has 0 N–H and O–H groups in total. The number of ether oxygens (including phenoxy) is 2. The highest BCUT2D eigenvalue weighted by Crippen LogP contribution is 2.38. The predicted molar refractivity (Wildman–Crippen MR) is 89.2 cm³/mol. The first-order valence-electron chi connectivity index (χ1n) is 8.75. The number of carbonyl (C=O) groups excluding carboxylic acids is 1. The van der Waals surface area contributed by atoms with Crippen LogP contribution in [0.1, 0.15) is 29.6 Å². The van der Waals surface area contributed by atoms with Crippen molar-refractivity contribution in [2.75, 3.05) is 39.4 Å². The molecule has 8 nitrogen and oxygen atoms in total. The molecular formula is C17H21N3O5. The Balaban J connectivity index is 1.66. The number of nitro groups is 1. The first kappa shape index (κ1) is 16.1. The molecule has 1 atom stereocenters. The molecule has 2 saturated heterocycles. The van der Waals surface area contributed by atoms with Gasteiger partial charge in [0.1, 0.15) is 13.2 Å². The van der Waals surface area contributed by atoms with Crippen LogP contribution < -0.4 is 9.47 Å². The lowest BCUT2D eigenvalue weighted by atomic mass is 10.1. The molecule has 1 unspecified atom stereocenters. The summed E-state index contributed by atoms with van der Waals surface area (Å²) in [7, 11) is 0. The molecular weight excluding hydrogens is 326 g/mol. The molecule has 1 amide bonds. The zero-order valence-corrected chi connectivity index (χ0v) is 14.0. The number of carbonyl (C=O) groups is 1. The van der Waals surface area contributed by atoms with E-state index < -0.39 is 4.92 Å². The van der Waals surface area contributed by atoms with Crippen LogP contribution >= 0.6 is 0 Å². The van der Waals surface area contributed by atoms with E-state index in [1.807, 2.05) is 4.90 Å². The van der Waals surface area contributed by atoms with E-state index in [4.69, 9.17) is 9.47 Å². The van der Waals surface area contributed by atoms with Gasteiger partial charge in [-0.3, -0.25) is 19.8 Å². The summed E-state index contributed by atoms with van der Waals surface area (Å²) in [5, 5.41) is 11.2. The molecule has 134 valence electrons. The number of amides is 1. The molecule has 0 aliphatic carbocycles. The van der Waals surface area contributed by atoms with Gasteiger partial charge in [0.05, 0.1) is 16.6 Å². The second-order valence-electron chi connectivity index (χ2n) is 6.71. The van der Waals surface area contributed by atoms with Crippen LogP contribution in [0.3, 0.4) is 0 Å². The highest BCUT2D eigenvalue weighted by Gasteiger charge is 2.33. The van der Waals surface area contributed by atoms with Gasteiger partial charge in [-0.25, -0.2) is 0 Å². The third kappa shape index (κ3) is 3.02. The lowest BCUT2D eigenvalue weighted by molar-refractivity contribution is -0.385. The molecule has 1 aromatic rings. The molecule has 4 rings (SSSR count). The zero-order chi connectivity index (χ0) is 17.4. The molecule has 0 aromatic heterocycles. The maximum absolute atomic E-state index is 13.1. The molecule has 0 saturated carbocycles. The summed E-state index contributed by atoms with van der Waals surface area (Å²) in [5.41, 5.74) is 0.0836. The normalized spacial score (nSPS) is 23.0. The Morgan fingerprint density at radius 3 is 2.80 bits per heavy atom. The summed E-state index contributed by atoms with van der Waals surface area (Å²) in [5.74, 6) is 0.398. The largest absolute Gasteiger partial charge is 0.486 e. The van der Waals surface area contributed by atoms with Crippen LogP contribution in [0.25, 0.3) is 0 Å². The first-order valence-corrected chi connectivity index (χ1v) is 8.75. The molecule has 1 aromatic carbocycles. The quantitative estimate of drug-likeness (QED) is 0.598. The minimum atomic E-state index is -0.504. The second-order valence-corrected chi connectivity index (χ2v) is 6.71. The maximum atomic E-state index is 13.1. The SMILES string of the molecule is O=C(c1cc([N+](=O)[O-])cc2c1OCCO2)N1CCCN2CCCC2C1. The van der Waals surface area contributed by atoms with Gasteiger partial charge in [-0.05, 0) is 25.8 Å². The second kappa shape index (κ2) is 6.51. The molecule has 0 radical (unpaired) electrons. The van der Waals surface area contributed by atoms with Gasteiger partial charge >= 0.3 is 0 Å². The minimum absolute atomic E-state index is 0.148. The number of nitro benzene ring substituents is 1. The van der Waals surface area contributed by atoms with E-state index in [1.54, 1.807) is 0 Å². The smallest absolute Gasteiger partial charge is 0.274 e. The Hall–Kier alpha value is -2.35. The van der Waals surface area contributed by atoms with Crippen LogP contribution in [-0.2, 0) is 0 Å². The molecule has 3 heterocycles. The van der Waals surface area contributed by atoms with Crippen LogP contribution in [0.15, 0.2) is 12.1 Å². The van der Waals surface area contributed by atoms with Crippen LogP contribution in [0, 0.1) is 10.1 Å². The Morgan fingerprint density at radius 1 is 1.16 bits per heavy atom. The Kier molecular flexibility index (Phi) is 4.20. The standard InChI is InChI=1S/C17H21N3O5/c21-17(19-6-2-5-18-4-1-3-12(18)11-19)14-9-13(20(22)23)10-15-16(14)25-8-7-24-15/h9-10,12H,1-8,11H2. The van der Waals surface area contributed by atoms with Crippen molar-refractivity contribution in [1.29, 1.82) is 0 Å². The van der Waals surface area contributed by atoms with Crippen molar-refractivity contribution >= 4 is 11.6 Å². The minimum Gasteiger partial charge on any atom is -0.486 e. The van der Waals surface area contributed by atoms with Crippen molar-refractivity contribution in [3.05, 3.63) is 27.8 Å². The van der Waals surface area contributed by atoms with Gasteiger partial charge in [0.2, 0.25) is 0 Å². The number of nitrogens with zero attached hydrogens (tertiary/aromatic N) is 3. The van der Waals surface area contributed by atoms with E-state index in [0.717, 1.165) is 32.4 Å². The van der Waals surface area contributed by atoms with Crippen LogP contribution in [-0.4, -0.2) is 66.1 Å². The van der Waals surface area contributed by atoms with E-state index in [2.05, 4.69) is 4.90 Å². The van der Waals surface area contributed by atoms with Gasteiger partial charge < -0.3 is 14.4 Å². The lowest BCUT2D eigenvalue weighted by Crippen LogP contribution is -2.40. The Bertz CT molecular complexity index is 708. The molecule has 3 aliphatic rings. The average Bonchev–Trinajstić information content (AvgIpc) is 2.96. The monoisotopic (exact) mass is 347 g/mol. The lowest BCUT2D eigenvalue weighted by Gasteiger charge is -2.27. The average molecular weight is 347 g/mol. The highest BCUT2D eigenvalue weighted by atomic mass is 16.6. The third-order valence-electron chi connectivity index (χ3n) is 5.16. The molecule has 3 aliphatic heterocycles. The number of benzene rings is 1. The molecule has 2 fully saturated rings. The number of non-ortho nitro benzene ring substituents is 1. The fraction of sp³-hybridized carbons (Fsp3) is 0.588. The first-order chi connectivity index (χ1) is 12.1. The number of hydrogen-bond acceptors (Lipinski definition) is 6. The van der Waals surface area contributed by atoms with Crippen molar-refractivity contribution < 1.29 is 19.2 Å². The van der Waals surface area contributed by atoms with Gasteiger partial charge in [-0.2, -0.15) is 0 Å². The summed E-state index contributed by atoms with van der Waals surface area (Å²) in [6, 6.07) is 3.03. The Labute approximate surface area is 145 Å². The van der Waals surface area contributed by atoms with Gasteiger partial charge in [0, 0.05) is 31.7 Å². The van der Waals surface area contributed by atoms with E-state index in [1.165, 1.54) is 12.1 Å². The topological polar surface area (TPSA) is 85.1 Å². The molecule has 0 bridgehead atoms. The fourth-order valence-electron chi connectivity index (χ4n) is 3.96. The van der Waals surface area contributed by atoms with Gasteiger partial charge in [-0.15, -0.1) is 0 Å². The summed E-state index contributed by atoms with van der Waals surface area (Å²) in [6.07, 6.45) is 3.17. The predicted octanol–water partition coefficient (Wildman–Crippen LogP) is 1.68. The van der Waals surface area contributed by atoms with Gasteiger partial charge in [0.15, 0.2) is 11.5 Å². The van der Waals surface area contributed by atoms with E-state index in [-0.39, 0.29) is 22.9 Å². The van der Waals surface area contributed by atoms with Crippen molar-refractivity contribution in [2.45, 2.75) is 25.3 Å². The third-order valence-corrected chi connectivity index (χ3v) is 5.16. The van der Waals surface area contributed by atoms with Crippen LogP contribution in [0.2, 0.25) is 0 Å². The van der Waals surface area contributed by atoms with E-state index >= 15 is 0 Å². The zero-order valence-electron chi connectivity index (χ0n) is 14.0. The number of fused-ring (bicyclic) bond motifs is 2. The van der Waals surface area contributed by atoms with Crippen molar-refractivity contribution in [1.82, 2.24) is 9.80 Å². The van der Waals surface area contributed by atoms with Crippen molar-refractivity contribution in [3.63, 3.8) is 0 Å². The van der Waals surface area contributed by atoms with Crippen LogP contribution in [0.4, 0.5) is 5.69 Å². The fourth-order valence-corrected chi connectivity index (χ4v) is 3.96. The van der Waals surface area contributed by atoms with Crippen molar-refractivity contribution in [3.8, 4) is 11.5 Å². The summed E-state index contributed by atoms with van der Waals surface area (Å²) < 4.78 is 11.1. The number of hydrogen-bond donors (Lipinski definition) is 0. The number of rotatable bonds is 2. The molecule has 25 heavy (non-hydrogen) atoms. The van der Waals surface area contributed by atoms with Crippen LogP contribution in [0.5, 0.6) is 11.5 Å². The maximum Gasteiger partial charge on any atom is 0.274 e. The summed E-state index contributed by atoms with van der Waals surface area (Å²) >= 11 is 0. The van der Waals surface area contributed by atoms with E-state index in [0.29, 0.717) is 38.1 Å². The molecule has 0 spiro atoms. The van der Waals surface area contributed by atoms with Crippen molar-refractivity contribution in [2.24, 2.45) is 0 Å².